The molecule has 1 saturated heterocycles. The number of ether oxygens (including phenoxy) is 1. The highest BCUT2D eigenvalue weighted by molar-refractivity contribution is 5.96. The summed E-state index contributed by atoms with van der Waals surface area (Å²) in [5, 5.41) is 5.79. The number of methoxy groups -OCH3 is 1. The Balaban J connectivity index is 1.64. The maximum absolute atomic E-state index is 12.4. The van der Waals surface area contributed by atoms with E-state index >= 15 is 0 Å². The molecule has 0 aliphatic carbocycles. The Morgan fingerprint density at radius 1 is 1.11 bits per heavy atom. The standard InChI is InChI=1S/C22H27N3O3/c1-16(26)18-6-5-7-19(14-18)24-22(27)23-15-21(25-12-3-4-13-25)17-8-10-20(28-2)11-9-17/h5-11,14,21H,3-4,12-13,15H2,1-2H3,(H2,23,24,27). The molecule has 1 atom stereocenters. The van der Waals surface area contributed by atoms with Crippen molar-refractivity contribution in [3.63, 3.8) is 0 Å². The van der Waals surface area contributed by atoms with E-state index in [1.54, 1.807) is 31.4 Å². The van der Waals surface area contributed by atoms with Crippen molar-refractivity contribution in [2.24, 2.45) is 0 Å². The highest BCUT2D eigenvalue weighted by atomic mass is 16.5. The Morgan fingerprint density at radius 3 is 2.46 bits per heavy atom. The van der Waals surface area contributed by atoms with E-state index in [1.807, 2.05) is 12.1 Å². The number of ketones is 1. The van der Waals surface area contributed by atoms with Crippen molar-refractivity contribution >= 4 is 17.5 Å². The number of rotatable bonds is 7. The Morgan fingerprint density at radius 2 is 1.82 bits per heavy atom. The number of carbonyl (C=O) groups excluding carboxylic acids is 2. The molecule has 1 unspecified atom stereocenters. The summed E-state index contributed by atoms with van der Waals surface area (Å²) < 4.78 is 5.25. The third kappa shape index (κ3) is 5.10. The Labute approximate surface area is 165 Å². The quantitative estimate of drug-likeness (QED) is 0.715. The van der Waals surface area contributed by atoms with Gasteiger partial charge in [-0.3, -0.25) is 9.69 Å². The van der Waals surface area contributed by atoms with Gasteiger partial charge < -0.3 is 15.4 Å². The van der Waals surface area contributed by atoms with Crippen LogP contribution >= 0.6 is 0 Å². The molecule has 2 N–H and O–H groups in total. The maximum atomic E-state index is 12.4. The van der Waals surface area contributed by atoms with Gasteiger partial charge >= 0.3 is 6.03 Å². The first-order chi connectivity index (χ1) is 13.6. The SMILES string of the molecule is COc1ccc(C(CNC(=O)Nc2cccc(C(C)=O)c2)N2CCCC2)cc1. The van der Waals surface area contributed by atoms with Crippen LogP contribution in [0.5, 0.6) is 5.75 Å². The zero-order valence-electron chi connectivity index (χ0n) is 16.4. The van der Waals surface area contributed by atoms with Gasteiger partial charge in [0.2, 0.25) is 0 Å². The normalized spacial score (nSPS) is 15.1. The minimum Gasteiger partial charge on any atom is -0.497 e. The van der Waals surface area contributed by atoms with Crippen LogP contribution in [-0.4, -0.2) is 43.5 Å². The van der Waals surface area contributed by atoms with Gasteiger partial charge in [0.25, 0.3) is 0 Å². The largest absolute Gasteiger partial charge is 0.497 e. The van der Waals surface area contributed by atoms with E-state index in [0.29, 0.717) is 17.8 Å². The summed E-state index contributed by atoms with van der Waals surface area (Å²) in [5.74, 6) is 0.789. The lowest BCUT2D eigenvalue weighted by Crippen LogP contribution is -2.38. The van der Waals surface area contributed by atoms with Gasteiger partial charge in [0.1, 0.15) is 5.75 Å². The van der Waals surface area contributed by atoms with Gasteiger partial charge in [0.15, 0.2) is 5.78 Å². The fourth-order valence-corrected chi connectivity index (χ4v) is 3.52. The summed E-state index contributed by atoms with van der Waals surface area (Å²) in [6.07, 6.45) is 2.35. The molecule has 1 aliphatic rings. The molecule has 1 aliphatic heterocycles. The van der Waals surface area contributed by atoms with Gasteiger partial charge in [0.05, 0.1) is 13.2 Å². The third-order valence-corrected chi connectivity index (χ3v) is 5.06. The molecular formula is C22H27N3O3. The Hall–Kier alpha value is -2.86. The molecular weight excluding hydrogens is 354 g/mol. The van der Waals surface area contributed by atoms with E-state index in [-0.39, 0.29) is 17.9 Å². The smallest absolute Gasteiger partial charge is 0.319 e. The first-order valence-electron chi connectivity index (χ1n) is 9.60. The molecule has 1 fully saturated rings. The van der Waals surface area contributed by atoms with Crippen molar-refractivity contribution in [3.05, 3.63) is 59.7 Å². The molecule has 0 aromatic heterocycles. The number of likely N-dealkylation sites (tertiary alicyclic amines) is 1. The highest BCUT2D eigenvalue weighted by Gasteiger charge is 2.24. The van der Waals surface area contributed by atoms with E-state index in [2.05, 4.69) is 27.7 Å². The topological polar surface area (TPSA) is 70.7 Å². The number of amides is 2. The molecule has 2 amide bonds. The van der Waals surface area contributed by atoms with Crippen molar-refractivity contribution in [1.29, 1.82) is 0 Å². The molecule has 6 nitrogen and oxygen atoms in total. The fraction of sp³-hybridized carbons (Fsp3) is 0.364. The lowest BCUT2D eigenvalue weighted by molar-refractivity contribution is 0.101. The molecule has 148 valence electrons. The zero-order chi connectivity index (χ0) is 19.9. The molecule has 2 aromatic carbocycles. The minimum absolute atomic E-state index is 0.0299. The van der Waals surface area contributed by atoms with E-state index in [9.17, 15) is 9.59 Å². The number of Topliss-reactive ketones (excluding diaryl/α,β-unsaturated/α-hetero) is 1. The summed E-state index contributed by atoms with van der Waals surface area (Å²) in [6, 6.07) is 14.8. The fourth-order valence-electron chi connectivity index (χ4n) is 3.52. The molecule has 0 radical (unpaired) electrons. The number of nitrogens with one attached hydrogen (secondary N) is 2. The molecule has 3 rings (SSSR count). The van der Waals surface area contributed by atoms with Crippen LogP contribution < -0.4 is 15.4 Å². The van der Waals surface area contributed by atoms with Gasteiger partial charge in [-0.05, 0) is 62.7 Å². The van der Waals surface area contributed by atoms with Crippen molar-refractivity contribution in [2.75, 3.05) is 32.1 Å². The number of nitrogens with zero attached hydrogens (tertiary/aromatic N) is 1. The van der Waals surface area contributed by atoms with Gasteiger partial charge in [0, 0.05) is 17.8 Å². The summed E-state index contributed by atoms with van der Waals surface area (Å²) in [6.45, 7) is 4.07. The zero-order valence-corrected chi connectivity index (χ0v) is 16.4. The number of anilines is 1. The number of hydrogen-bond donors (Lipinski definition) is 2. The molecule has 0 saturated carbocycles. The molecule has 0 spiro atoms. The second kappa shape index (κ2) is 9.37. The average Bonchev–Trinajstić information content (AvgIpc) is 3.23. The van der Waals surface area contributed by atoms with Crippen LogP contribution in [0.4, 0.5) is 10.5 Å². The van der Waals surface area contributed by atoms with Gasteiger partial charge in [-0.1, -0.05) is 24.3 Å². The van der Waals surface area contributed by atoms with Crippen LogP contribution in [0.15, 0.2) is 48.5 Å². The lowest BCUT2D eigenvalue weighted by Gasteiger charge is -2.28. The van der Waals surface area contributed by atoms with Crippen molar-refractivity contribution in [1.82, 2.24) is 10.2 Å². The van der Waals surface area contributed by atoms with Crippen molar-refractivity contribution in [3.8, 4) is 5.75 Å². The average molecular weight is 381 g/mol. The highest BCUT2D eigenvalue weighted by Crippen LogP contribution is 2.26. The molecule has 6 heteroatoms. The lowest BCUT2D eigenvalue weighted by atomic mass is 10.1. The molecule has 1 heterocycles. The maximum Gasteiger partial charge on any atom is 0.319 e. The van der Waals surface area contributed by atoms with Crippen LogP contribution in [0, 0.1) is 0 Å². The minimum atomic E-state index is -0.279. The van der Waals surface area contributed by atoms with E-state index in [1.165, 1.54) is 19.8 Å². The second-order valence-corrected chi connectivity index (χ2v) is 7.00. The summed E-state index contributed by atoms with van der Waals surface area (Å²) >= 11 is 0. The van der Waals surface area contributed by atoms with Crippen LogP contribution in [0.3, 0.4) is 0 Å². The summed E-state index contributed by atoms with van der Waals surface area (Å²) in [5.41, 5.74) is 2.33. The van der Waals surface area contributed by atoms with E-state index in [4.69, 9.17) is 4.74 Å². The predicted octanol–water partition coefficient (Wildman–Crippen LogP) is 3.86. The van der Waals surface area contributed by atoms with Gasteiger partial charge in [-0.15, -0.1) is 0 Å². The molecule has 0 bridgehead atoms. The Kier molecular flexibility index (Phi) is 6.66. The van der Waals surface area contributed by atoms with Gasteiger partial charge in [-0.25, -0.2) is 4.79 Å². The monoisotopic (exact) mass is 381 g/mol. The van der Waals surface area contributed by atoms with E-state index < -0.39 is 0 Å². The van der Waals surface area contributed by atoms with Crippen LogP contribution in [0.2, 0.25) is 0 Å². The number of urea groups is 1. The molecule has 2 aromatic rings. The Bertz CT molecular complexity index is 814. The number of carbonyl (C=O) groups is 2. The van der Waals surface area contributed by atoms with Crippen LogP contribution in [0.25, 0.3) is 0 Å². The number of benzene rings is 2. The first-order valence-corrected chi connectivity index (χ1v) is 9.60. The first kappa shape index (κ1) is 19.9. The second-order valence-electron chi connectivity index (χ2n) is 7.00. The third-order valence-electron chi connectivity index (χ3n) is 5.06. The summed E-state index contributed by atoms with van der Waals surface area (Å²) in [7, 11) is 1.65. The number of hydrogen-bond acceptors (Lipinski definition) is 4. The van der Waals surface area contributed by atoms with E-state index in [0.717, 1.165) is 24.4 Å². The van der Waals surface area contributed by atoms with Crippen molar-refractivity contribution < 1.29 is 14.3 Å². The van der Waals surface area contributed by atoms with Crippen LogP contribution in [-0.2, 0) is 0 Å². The predicted molar refractivity (Wildman–Crippen MR) is 110 cm³/mol. The van der Waals surface area contributed by atoms with Crippen LogP contribution in [0.1, 0.15) is 41.7 Å². The van der Waals surface area contributed by atoms with Crippen molar-refractivity contribution in [2.45, 2.75) is 25.8 Å². The summed E-state index contributed by atoms with van der Waals surface area (Å²) in [4.78, 5) is 26.3. The molecule has 28 heavy (non-hydrogen) atoms. The van der Waals surface area contributed by atoms with Gasteiger partial charge in [-0.2, -0.15) is 0 Å².